The zero-order valence-corrected chi connectivity index (χ0v) is 8.73. The quantitative estimate of drug-likeness (QED) is 0.535. The molecule has 12 heavy (non-hydrogen) atoms. The Balaban J connectivity index is 3.14. The smallest absolute Gasteiger partial charge is 0.156 e. The molecule has 1 aromatic rings. The Kier molecular flexibility index (Phi) is 3.69. The number of hydrogen-bond donors (Lipinski definition) is 0. The highest BCUT2D eigenvalue weighted by Crippen LogP contribution is 2.33. The van der Waals surface area contributed by atoms with Crippen molar-refractivity contribution in [3.05, 3.63) is 28.0 Å². The first-order valence-corrected chi connectivity index (χ1v) is 5.17. The van der Waals surface area contributed by atoms with Crippen LogP contribution in [0.2, 0.25) is 10.0 Å². The molecule has 0 aromatic heterocycles. The lowest BCUT2D eigenvalue weighted by Gasteiger charge is -2.04. The fraction of sp³-hybridized carbons (Fsp3) is 0.250. The lowest BCUT2D eigenvalue weighted by molar-refractivity contribution is 0.602. The van der Waals surface area contributed by atoms with E-state index >= 15 is 0 Å². The van der Waals surface area contributed by atoms with Crippen molar-refractivity contribution < 1.29 is 4.39 Å². The first kappa shape index (κ1) is 10.2. The Labute approximate surface area is 85.1 Å². The highest BCUT2D eigenvalue weighted by Gasteiger charge is 2.10. The van der Waals surface area contributed by atoms with Crippen LogP contribution in [0.25, 0.3) is 0 Å². The average molecular weight is 225 g/mol. The Morgan fingerprint density at radius 1 is 1.33 bits per heavy atom. The van der Waals surface area contributed by atoms with Gasteiger partial charge >= 0.3 is 0 Å². The van der Waals surface area contributed by atoms with E-state index in [9.17, 15) is 4.39 Å². The molecule has 0 amide bonds. The van der Waals surface area contributed by atoms with Crippen LogP contribution >= 0.6 is 35.0 Å². The number of rotatable bonds is 2. The summed E-state index contributed by atoms with van der Waals surface area (Å²) < 4.78 is 13.2. The maximum atomic E-state index is 13.2. The van der Waals surface area contributed by atoms with Gasteiger partial charge in [0.2, 0.25) is 0 Å². The van der Waals surface area contributed by atoms with Gasteiger partial charge in [-0.15, -0.1) is 11.8 Å². The molecule has 66 valence electrons. The molecule has 0 aliphatic carbocycles. The van der Waals surface area contributed by atoms with Gasteiger partial charge in [0.05, 0.1) is 14.9 Å². The summed E-state index contributed by atoms with van der Waals surface area (Å²) in [6.07, 6.45) is 0. The summed E-state index contributed by atoms with van der Waals surface area (Å²) >= 11 is 12.7. The topological polar surface area (TPSA) is 0 Å². The van der Waals surface area contributed by atoms with Crippen LogP contribution in [-0.2, 0) is 0 Å². The van der Waals surface area contributed by atoms with Gasteiger partial charge in [-0.3, -0.25) is 0 Å². The standard InChI is InChI=1S/C8H7Cl2FS/c1-2-12-8-6(10)4-3-5(9)7(8)11/h3-4H,2H2,1H3. The third-order valence-corrected chi connectivity index (χ3v) is 2.99. The second-order valence-corrected chi connectivity index (χ2v) is 4.19. The van der Waals surface area contributed by atoms with Crippen molar-refractivity contribution in [3.63, 3.8) is 0 Å². The molecular weight excluding hydrogens is 218 g/mol. The Hall–Kier alpha value is 0.0800. The summed E-state index contributed by atoms with van der Waals surface area (Å²) in [5.74, 6) is 0.354. The van der Waals surface area contributed by atoms with Crippen LogP contribution in [0.1, 0.15) is 6.92 Å². The molecule has 4 heteroatoms. The van der Waals surface area contributed by atoms with Gasteiger partial charge in [0.1, 0.15) is 0 Å². The molecule has 0 spiro atoms. The summed E-state index contributed by atoms with van der Waals surface area (Å²) in [6, 6.07) is 3.06. The second-order valence-electron chi connectivity index (χ2n) is 2.11. The number of hydrogen-bond acceptors (Lipinski definition) is 1. The summed E-state index contributed by atoms with van der Waals surface area (Å²) in [7, 11) is 0. The summed E-state index contributed by atoms with van der Waals surface area (Å²) in [4.78, 5) is 0.437. The van der Waals surface area contributed by atoms with Crippen LogP contribution in [0.15, 0.2) is 17.0 Å². The molecule has 0 unspecified atom stereocenters. The first-order valence-electron chi connectivity index (χ1n) is 3.43. The van der Waals surface area contributed by atoms with Gasteiger partial charge in [-0.05, 0) is 17.9 Å². The molecule has 0 atom stereocenters. The van der Waals surface area contributed by atoms with E-state index in [1.54, 1.807) is 6.07 Å². The van der Waals surface area contributed by atoms with Gasteiger partial charge in [-0.25, -0.2) is 4.39 Å². The third-order valence-electron chi connectivity index (χ3n) is 1.29. The highest BCUT2D eigenvalue weighted by atomic mass is 35.5. The molecule has 1 rings (SSSR count). The molecule has 0 nitrogen and oxygen atoms in total. The van der Waals surface area contributed by atoms with Crippen molar-refractivity contribution in [1.29, 1.82) is 0 Å². The fourth-order valence-electron chi connectivity index (χ4n) is 0.785. The van der Waals surface area contributed by atoms with Crippen LogP contribution < -0.4 is 0 Å². The van der Waals surface area contributed by atoms with Crippen LogP contribution in [0.5, 0.6) is 0 Å². The predicted molar refractivity (Wildman–Crippen MR) is 52.8 cm³/mol. The van der Waals surface area contributed by atoms with E-state index in [2.05, 4.69) is 0 Å². The van der Waals surface area contributed by atoms with Crippen molar-refractivity contribution in [2.24, 2.45) is 0 Å². The van der Waals surface area contributed by atoms with Gasteiger partial charge in [0, 0.05) is 0 Å². The maximum absolute atomic E-state index is 13.2. The molecule has 0 aliphatic heterocycles. The second kappa shape index (κ2) is 4.35. The predicted octanol–water partition coefficient (Wildman–Crippen LogP) is 4.24. The molecule has 0 fully saturated rings. The molecular formula is C8H7Cl2FS. The lowest BCUT2D eigenvalue weighted by atomic mass is 10.3. The summed E-state index contributed by atoms with van der Waals surface area (Å²) in [6.45, 7) is 1.93. The lowest BCUT2D eigenvalue weighted by Crippen LogP contribution is -1.84. The van der Waals surface area contributed by atoms with E-state index in [0.29, 0.717) is 9.92 Å². The van der Waals surface area contributed by atoms with Crippen molar-refractivity contribution in [2.45, 2.75) is 11.8 Å². The Bertz CT molecular complexity index is 289. The van der Waals surface area contributed by atoms with Crippen LogP contribution in [0.3, 0.4) is 0 Å². The molecule has 0 heterocycles. The minimum atomic E-state index is -0.420. The van der Waals surface area contributed by atoms with E-state index in [0.717, 1.165) is 5.75 Å². The normalized spacial score (nSPS) is 10.3. The first-order chi connectivity index (χ1) is 5.66. The van der Waals surface area contributed by atoms with Gasteiger partial charge in [-0.1, -0.05) is 30.1 Å². The molecule has 1 aromatic carbocycles. The number of thioether (sulfide) groups is 1. The SMILES string of the molecule is CCSc1c(Cl)ccc(Cl)c1F. The fourth-order valence-corrected chi connectivity index (χ4v) is 2.04. The number of benzene rings is 1. The zero-order valence-electron chi connectivity index (χ0n) is 6.40. The summed E-state index contributed by atoms with van der Waals surface area (Å²) in [5.41, 5.74) is 0. The average Bonchev–Trinajstić information content (AvgIpc) is 2.06. The van der Waals surface area contributed by atoms with E-state index < -0.39 is 5.82 Å². The van der Waals surface area contributed by atoms with Crippen molar-refractivity contribution in [3.8, 4) is 0 Å². The third kappa shape index (κ3) is 2.06. The molecule has 0 N–H and O–H groups in total. The minimum Gasteiger partial charge on any atom is -0.204 e. The zero-order chi connectivity index (χ0) is 9.14. The van der Waals surface area contributed by atoms with E-state index in [-0.39, 0.29) is 5.02 Å². The van der Waals surface area contributed by atoms with Gasteiger partial charge in [0.25, 0.3) is 0 Å². The van der Waals surface area contributed by atoms with Gasteiger partial charge in [-0.2, -0.15) is 0 Å². The van der Waals surface area contributed by atoms with Crippen molar-refractivity contribution in [1.82, 2.24) is 0 Å². The van der Waals surface area contributed by atoms with E-state index in [1.807, 2.05) is 6.92 Å². The minimum absolute atomic E-state index is 0.121. The van der Waals surface area contributed by atoms with Crippen LogP contribution in [0, 0.1) is 5.82 Å². The molecule has 0 saturated heterocycles. The monoisotopic (exact) mass is 224 g/mol. The molecule has 0 aliphatic rings. The van der Waals surface area contributed by atoms with Crippen molar-refractivity contribution >= 4 is 35.0 Å². The molecule has 0 bridgehead atoms. The maximum Gasteiger partial charge on any atom is 0.156 e. The van der Waals surface area contributed by atoms with E-state index in [1.165, 1.54) is 17.8 Å². The van der Waals surface area contributed by atoms with Gasteiger partial charge in [0.15, 0.2) is 5.82 Å². The Morgan fingerprint density at radius 3 is 2.50 bits per heavy atom. The summed E-state index contributed by atoms with van der Waals surface area (Å²) in [5, 5.41) is 0.541. The van der Waals surface area contributed by atoms with Crippen molar-refractivity contribution in [2.75, 3.05) is 5.75 Å². The molecule has 0 radical (unpaired) electrons. The highest BCUT2D eigenvalue weighted by molar-refractivity contribution is 7.99. The Morgan fingerprint density at radius 2 is 1.92 bits per heavy atom. The largest absolute Gasteiger partial charge is 0.204 e. The molecule has 0 saturated carbocycles. The van der Waals surface area contributed by atoms with Crippen LogP contribution in [-0.4, -0.2) is 5.75 Å². The van der Waals surface area contributed by atoms with Gasteiger partial charge < -0.3 is 0 Å². The van der Waals surface area contributed by atoms with E-state index in [4.69, 9.17) is 23.2 Å². The number of halogens is 3. The van der Waals surface area contributed by atoms with Crippen LogP contribution in [0.4, 0.5) is 4.39 Å².